The number of ketones is 1. The molecule has 1 aliphatic heterocycles. The molecule has 0 radical (unpaired) electrons. The predicted octanol–water partition coefficient (Wildman–Crippen LogP) is -1.84. The number of ether oxygens (including phenoxy) is 1. The molecule has 1 fully saturated rings. The van der Waals surface area contributed by atoms with E-state index in [9.17, 15) is 15.0 Å². The molecule has 0 aromatic heterocycles. The second-order valence-corrected chi connectivity index (χ2v) is 4.08. The molecule has 0 aliphatic carbocycles. The van der Waals surface area contributed by atoms with Crippen LogP contribution in [0.5, 0.6) is 0 Å². The largest absolute Gasteiger partial charge is 0.388 e. The Bertz CT molecular complexity index is 287. The minimum absolute atomic E-state index is 0.115. The van der Waals surface area contributed by atoms with Crippen LogP contribution in [-0.2, 0) is 9.53 Å². The molecule has 16 heavy (non-hydrogen) atoms. The van der Waals surface area contributed by atoms with E-state index in [1.165, 1.54) is 6.92 Å². The Hall–Kier alpha value is -0.760. The van der Waals surface area contributed by atoms with E-state index >= 15 is 0 Å². The predicted molar refractivity (Wildman–Crippen MR) is 61.0 cm³/mol. The minimum Gasteiger partial charge on any atom is -0.388 e. The first-order valence-corrected chi connectivity index (χ1v) is 5.34. The van der Waals surface area contributed by atoms with Gasteiger partial charge in [0.25, 0.3) is 0 Å². The van der Waals surface area contributed by atoms with Crippen LogP contribution in [-0.4, -0.2) is 59.1 Å². The van der Waals surface area contributed by atoms with Gasteiger partial charge in [-0.05, 0) is 19.1 Å². The quantitative estimate of drug-likeness (QED) is 0.427. The Morgan fingerprint density at radius 1 is 1.44 bits per heavy atom. The van der Waals surface area contributed by atoms with E-state index in [4.69, 9.17) is 17.0 Å². The molecule has 4 unspecified atom stereocenters. The molecule has 1 rings (SSSR count). The summed E-state index contributed by atoms with van der Waals surface area (Å²) in [5.74, 6) is -0.304. The monoisotopic (exact) mass is 248 g/mol. The number of carbonyl (C=O) groups is 1. The van der Waals surface area contributed by atoms with Crippen LogP contribution in [0.3, 0.4) is 0 Å². The summed E-state index contributed by atoms with van der Waals surface area (Å²) in [6.07, 6.45) is -3.28. The third-order valence-electron chi connectivity index (χ3n) is 2.47. The van der Waals surface area contributed by atoms with Crippen molar-refractivity contribution in [3.05, 3.63) is 0 Å². The lowest BCUT2D eigenvalue weighted by atomic mass is 9.96. The van der Waals surface area contributed by atoms with Crippen molar-refractivity contribution in [3.63, 3.8) is 0 Å². The maximum Gasteiger partial charge on any atom is 0.166 e. The zero-order valence-electron chi connectivity index (χ0n) is 9.14. The molecule has 4 atom stereocenters. The van der Waals surface area contributed by atoms with Gasteiger partial charge in [-0.25, -0.2) is 0 Å². The van der Waals surface area contributed by atoms with E-state index in [1.807, 2.05) is 0 Å². The van der Waals surface area contributed by atoms with Crippen molar-refractivity contribution in [2.75, 3.05) is 13.7 Å². The molecule has 0 aromatic carbocycles. The molecule has 1 aliphatic rings. The van der Waals surface area contributed by atoms with E-state index in [1.54, 1.807) is 7.05 Å². The number of aliphatic hydroxyl groups excluding tert-OH is 2. The maximum atomic E-state index is 11.1. The van der Waals surface area contributed by atoms with Gasteiger partial charge in [0.2, 0.25) is 0 Å². The van der Waals surface area contributed by atoms with Gasteiger partial charge >= 0.3 is 0 Å². The Kier molecular flexibility index (Phi) is 4.60. The first kappa shape index (κ1) is 13.3. The van der Waals surface area contributed by atoms with Crippen LogP contribution in [0, 0.1) is 0 Å². The SMILES string of the molecule is CNC(=S)NC1COC(C(C)=O)C(O)C1O. The molecular formula is C9H16N2O4S. The molecule has 6 nitrogen and oxygen atoms in total. The number of hydrogen-bond donors (Lipinski definition) is 4. The third kappa shape index (κ3) is 2.88. The van der Waals surface area contributed by atoms with Crippen LogP contribution >= 0.6 is 12.2 Å². The number of carbonyl (C=O) groups excluding carboxylic acids is 1. The Balaban J connectivity index is 2.61. The van der Waals surface area contributed by atoms with Crippen molar-refractivity contribution in [2.45, 2.75) is 31.3 Å². The normalized spacial score (nSPS) is 34.2. The number of Topliss-reactive ketones (excluding diaryl/α,β-unsaturated/α-hetero) is 1. The third-order valence-corrected chi connectivity index (χ3v) is 2.79. The fraction of sp³-hybridized carbons (Fsp3) is 0.778. The smallest absolute Gasteiger partial charge is 0.166 e. The van der Waals surface area contributed by atoms with Gasteiger partial charge in [-0.1, -0.05) is 0 Å². The summed E-state index contributed by atoms with van der Waals surface area (Å²) >= 11 is 4.87. The van der Waals surface area contributed by atoms with Gasteiger partial charge < -0.3 is 25.6 Å². The standard InChI is InChI=1S/C9H16N2O4S/c1-4(12)8-7(14)6(13)5(3-15-8)11-9(16)10-2/h5-8,13-14H,3H2,1-2H3,(H2,10,11,16). The first-order chi connectivity index (χ1) is 7.47. The summed E-state index contributed by atoms with van der Waals surface area (Å²) in [5, 5.41) is 25.3. The lowest BCUT2D eigenvalue weighted by Crippen LogP contribution is -2.61. The summed E-state index contributed by atoms with van der Waals surface area (Å²) in [6.45, 7) is 1.43. The highest BCUT2D eigenvalue weighted by Crippen LogP contribution is 2.16. The second kappa shape index (κ2) is 5.53. The van der Waals surface area contributed by atoms with Gasteiger partial charge in [-0.2, -0.15) is 0 Å². The molecule has 0 aromatic rings. The number of rotatable bonds is 2. The van der Waals surface area contributed by atoms with Crippen molar-refractivity contribution in [1.29, 1.82) is 0 Å². The van der Waals surface area contributed by atoms with E-state index in [0.29, 0.717) is 5.11 Å². The maximum absolute atomic E-state index is 11.1. The summed E-state index contributed by atoms with van der Waals surface area (Å²) in [4.78, 5) is 11.1. The molecular weight excluding hydrogens is 232 g/mol. The molecule has 4 N–H and O–H groups in total. The van der Waals surface area contributed by atoms with E-state index in [0.717, 1.165) is 0 Å². The van der Waals surface area contributed by atoms with Crippen LogP contribution in [0.15, 0.2) is 0 Å². The minimum atomic E-state index is -1.23. The Labute approximate surface area is 99.0 Å². The van der Waals surface area contributed by atoms with Gasteiger partial charge in [0.1, 0.15) is 18.3 Å². The molecule has 92 valence electrons. The summed E-state index contributed by atoms with van der Waals surface area (Å²) in [6, 6.07) is -0.523. The van der Waals surface area contributed by atoms with Crippen molar-refractivity contribution < 1.29 is 19.7 Å². The topological polar surface area (TPSA) is 90.8 Å². The van der Waals surface area contributed by atoms with Crippen LogP contribution in [0.2, 0.25) is 0 Å². The molecule has 7 heteroatoms. The fourth-order valence-electron chi connectivity index (χ4n) is 1.55. The van der Waals surface area contributed by atoms with Crippen molar-refractivity contribution >= 4 is 23.1 Å². The van der Waals surface area contributed by atoms with Crippen LogP contribution in [0.1, 0.15) is 6.92 Å². The zero-order valence-corrected chi connectivity index (χ0v) is 9.95. The van der Waals surface area contributed by atoms with Crippen molar-refractivity contribution in [1.82, 2.24) is 10.6 Å². The molecule has 1 heterocycles. The fourth-order valence-corrected chi connectivity index (χ4v) is 1.70. The zero-order chi connectivity index (χ0) is 12.3. The average molecular weight is 248 g/mol. The van der Waals surface area contributed by atoms with Gasteiger partial charge in [0, 0.05) is 7.05 Å². The van der Waals surface area contributed by atoms with Gasteiger partial charge in [-0.3, -0.25) is 4.79 Å². The molecule has 0 saturated carbocycles. The van der Waals surface area contributed by atoms with E-state index in [2.05, 4.69) is 10.6 Å². The summed E-state index contributed by atoms with van der Waals surface area (Å²) in [7, 11) is 1.64. The number of thiocarbonyl (C=S) groups is 1. The van der Waals surface area contributed by atoms with E-state index < -0.39 is 24.4 Å². The van der Waals surface area contributed by atoms with Crippen LogP contribution in [0.25, 0.3) is 0 Å². The van der Waals surface area contributed by atoms with E-state index in [-0.39, 0.29) is 12.4 Å². The van der Waals surface area contributed by atoms with Gasteiger partial charge in [-0.15, -0.1) is 0 Å². The van der Waals surface area contributed by atoms with Crippen molar-refractivity contribution in [2.24, 2.45) is 0 Å². The first-order valence-electron chi connectivity index (χ1n) is 4.93. The average Bonchev–Trinajstić information content (AvgIpc) is 2.24. The molecule has 0 amide bonds. The van der Waals surface area contributed by atoms with Crippen LogP contribution in [0.4, 0.5) is 0 Å². The Morgan fingerprint density at radius 2 is 2.06 bits per heavy atom. The lowest BCUT2D eigenvalue weighted by molar-refractivity contribution is -0.164. The lowest BCUT2D eigenvalue weighted by Gasteiger charge is -2.37. The highest BCUT2D eigenvalue weighted by atomic mass is 32.1. The van der Waals surface area contributed by atoms with Crippen LogP contribution < -0.4 is 10.6 Å². The van der Waals surface area contributed by atoms with Gasteiger partial charge in [0.05, 0.1) is 12.6 Å². The summed E-state index contributed by atoms with van der Waals surface area (Å²) in [5.41, 5.74) is 0. The summed E-state index contributed by atoms with van der Waals surface area (Å²) < 4.78 is 5.17. The second-order valence-electron chi connectivity index (χ2n) is 3.68. The molecule has 1 saturated heterocycles. The number of hydrogen-bond acceptors (Lipinski definition) is 5. The highest BCUT2D eigenvalue weighted by molar-refractivity contribution is 7.80. The molecule has 0 bridgehead atoms. The van der Waals surface area contributed by atoms with Crippen molar-refractivity contribution in [3.8, 4) is 0 Å². The Morgan fingerprint density at radius 3 is 2.56 bits per heavy atom. The number of nitrogens with one attached hydrogen (secondary N) is 2. The van der Waals surface area contributed by atoms with Gasteiger partial charge in [0.15, 0.2) is 10.9 Å². The highest BCUT2D eigenvalue weighted by Gasteiger charge is 2.40. The number of aliphatic hydroxyl groups is 2. The molecule has 0 spiro atoms.